The second-order valence-corrected chi connectivity index (χ2v) is 3.12. The van der Waals surface area contributed by atoms with Crippen LogP contribution in [0.3, 0.4) is 0 Å². The van der Waals surface area contributed by atoms with Crippen molar-refractivity contribution in [1.29, 1.82) is 0 Å². The third-order valence-electron chi connectivity index (χ3n) is 2.11. The van der Waals surface area contributed by atoms with Gasteiger partial charge in [-0.3, -0.25) is 0 Å². The predicted octanol–water partition coefficient (Wildman–Crippen LogP) is 1.17. The van der Waals surface area contributed by atoms with Gasteiger partial charge in [-0.2, -0.15) is 0 Å². The Kier molecular flexibility index (Phi) is 6.08. The van der Waals surface area contributed by atoms with Crippen molar-refractivity contribution in [3.05, 3.63) is 23.8 Å². The average Bonchev–Trinajstić information content (AvgIpc) is 2.19. The summed E-state index contributed by atoms with van der Waals surface area (Å²) in [6, 6.07) is 4.98. The summed E-state index contributed by atoms with van der Waals surface area (Å²) in [6.45, 7) is 0.546. The van der Waals surface area contributed by atoms with Crippen LogP contribution in [-0.4, -0.2) is 18.8 Å². The number of ether oxygens (including phenoxy) is 1. The number of phenolic OH excluding ortho intramolecular Hbond substituents is 1. The number of phenols is 1. The van der Waals surface area contributed by atoms with Crippen LogP contribution in [0.15, 0.2) is 18.2 Å². The van der Waals surface area contributed by atoms with Crippen LogP contribution in [0.4, 0.5) is 0 Å². The Balaban J connectivity index is 0.00000196. The zero-order chi connectivity index (χ0) is 10.6. The first kappa shape index (κ1) is 14.0. The van der Waals surface area contributed by atoms with Crippen molar-refractivity contribution in [3.63, 3.8) is 0 Å². The van der Waals surface area contributed by atoms with Gasteiger partial charge in [0.1, 0.15) is 0 Å². The van der Waals surface area contributed by atoms with E-state index in [1.54, 1.807) is 18.2 Å². The van der Waals surface area contributed by atoms with Crippen LogP contribution < -0.4 is 16.2 Å². The third kappa shape index (κ3) is 3.58. The van der Waals surface area contributed by atoms with Crippen molar-refractivity contribution in [2.45, 2.75) is 12.5 Å². The SMILES string of the molecule is COc1cc([C@H](N)CCN)ccc1O.Cl. The van der Waals surface area contributed by atoms with Gasteiger partial charge in [0.05, 0.1) is 7.11 Å². The average molecular weight is 233 g/mol. The number of methoxy groups -OCH3 is 1. The highest BCUT2D eigenvalue weighted by Gasteiger charge is 2.08. The van der Waals surface area contributed by atoms with E-state index in [0.717, 1.165) is 5.56 Å². The number of nitrogens with two attached hydrogens (primary N) is 2. The van der Waals surface area contributed by atoms with Crippen LogP contribution in [0.2, 0.25) is 0 Å². The lowest BCUT2D eigenvalue weighted by molar-refractivity contribution is 0.372. The smallest absolute Gasteiger partial charge is 0.160 e. The van der Waals surface area contributed by atoms with Crippen molar-refractivity contribution in [2.75, 3.05) is 13.7 Å². The number of aromatic hydroxyl groups is 1. The molecule has 0 fully saturated rings. The molecular formula is C10H17ClN2O2. The molecule has 0 aromatic heterocycles. The molecule has 0 bridgehead atoms. The van der Waals surface area contributed by atoms with Gasteiger partial charge < -0.3 is 21.3 Å². The Morgan fingerprint density at radius 1 is 1.47 bits per heavy atom. The van der Waals surface area contributed by atoms with Gasteiger partial charge >= 0.3 is 0 Å². The maximum atomic E-state index is 9.36. The highest BCUT2D eigenvalue weighted by Crippen LogP contribution is 2.28. The van der Waals surface area contributed by atoms with E-state index in [0.29, 0.717) is 18.7 Å². The summed E-state index contributed by atoms with van der Waals surface area (Å²) in [7, 11) is 1.51. The van der Waals surface area contributed by atoms with E-state index in [1.807, 2.05) is 0 Å². The summed E-state index contributed by atoms with van der Waals surface area (Å²) in [5.74, 6) is 0.561. The maximum Gasteiger partial charge on any atom is 0.160 e. The van der Waals surface area contributed by atoms with E-state index in [-0.39, 0.29) is 24.2 Å². The fourth-order valence-corrected chi connectivity index (χ4v) is 1.27. The van der Waals surface area contributed by atoms with E-state index in [2.05, 4.69) is 0 Å². The second-order valence-electron chi connectivity index (χ2n) is 3.12. The number of hydrogen-bond acceptors (Lipinski definition) is 4. The summed E-state index contributed by atoms with van der Waals surface area (Å²) >= 11 is 0. The molecule has 0 aliphatic rings. The molecule has 0 aliphatic heterocycles. The summed E-state index contributed by atoms with van der Waals surface area (Å²) in [4.78, 5) is 0. The topological polar surface area (TPSA) is 81.5 Å². The standard InChI is InChI=1S/C10H16N2O2.ClH/c1-14-10-6-7(2-3-9(10)13)8(12)4-5-11;/h2-3,6,8,13H,4-5,11-12H2,1H3;1H/t8-;/m1./s1. The summed E-state index contributed by atoms with van der Waals surface area (Å²) in [5.41, 5.74) is 12.2. The molecule has 0 aliphatic carbocycles. The highest BCUT2D eigenvalue weighted by molar-refractivity contribution is 5.85. The molecule has 0 unspecified atom stereocenters. The van der Waals surface area contributed by atoms with Gasteiger partial charge in [0.25, 0.3) is 0 Å². The van der Waals surface area contributed by atoms with Gasteiger partial charge in [0, 0.05) is 6.04 Å². The lowest BCUT2D eigenvalue weighted by Crippen LogP contribution is -2.15. The monoisotopic (exact) mass is 232 g/mol. The quantitative estimate of drug-likeness (QED) is 0.728. The van der Waals surface area contributed by atoms with Gasteiger partial charge in [-0.1, -0.05) is 6.07 Å². The zero-order valence-corrected chi connectivity index (χ0v) is 9.46. The molecule has 0 saturated heterocycles. The second kappa shape index (κ2) is 6.50. The van der Waals surface area contributed by atoms with E-state index >= 15 is 0 Å². The molecule has 0 saturated carbocycles. The van der Waals surface area contributed by atoms with Crippen LogP contribution in [-0.2, 0) is 0 Å². The van der Waals surface area contributed by atoms with Crippen molar-refractivity contribution in [3.8, 4) is 11.5 Å². The van der Waals surface area contributed by atoms with E-state index in [9.17, 15) is 5.11 Å². The van der Waals surface area contributed by atoms with Crippen molar-refractivity contribution in [2.24, 2.45) is 11.5 Å². The number of hydrogen-bond donors (Lipinski definition) is 3. The van der Waals surface area contributed by atoms with Gasteiger partial charge in [0.2, 0.25) is 0 Å². The minimum atomic E-state index is -0.102. The number of rotatable bonds is 4. The fourth-order valence-electron chi connectivity index (χ4n) is 1.27. The van der Waals surface area contributed by atoms with Gasteiger partial charge in [-0.25, -0.2) is 0 Å². The molecule has 1 rings (SSSR count). The summed E-state index contributed by atoms with van der Waals surface area (Å²) in [6.07, 6.45) is 0.716. The van der Waals surface area contributed by atoms with E-state index < -0.39 is 0 Å². The zero-order valence-electron chi connectivity index (χ0n) is 8.64. The molecule has 1 aromatic rings. The van der Waals surface area contributed by atoms with Crippen LogP contribution >= 0.6 is 12.4 Å². The van der Waals surface area contributed by atoms with Crippen LogP contribution in [0.1, 0.15) is 18.0 Å². The van der Waals surface area contributed by atoms with Crippen LogP contribution in [0.25, 0.3) is 0 Å². The predicted molar refractivity (Wildman–Crippen MR) is 62.5 cm³/mol. The van der Waals surface area contributed by atoms with E-state index in [1.165, 1.54) is 7.11 Å². The minimum Gasteiger partial charge on any atom is -0.504 e. The van der Waals surface area contributed by atoms with Gasteiger partial charge in [-0.15, -0.1) is 12.4 Å². The largest absolute Gasteiger partial charge is 0.504 e. The van der Waals surface area contributed by atoms with Gasteiger partial charge in [-0.05, 0) is 30.7 Å². The molecular weight excluding hydrogens is 216 g/mol. The van der Waals surface area contributed by atoms with Crippen LogP contribution in [0, 0.1) is 0 Å². The molecule has 1 aromatic carbocycles. The van der Waals surface area contributed by atoms with Gasteiger partial charge in [0.15, 0.2) is 11.5 Å². The lowest BCUT2D eigenvalue weighted by Gasteiger charge is -2.12. The molecule has 0 spiro atoms. The normalized spacial score (nSPS) is 11.7. The summed E-state index contributed by atoms with van der Waals surface area (Å²) < 4.78 is 4.98. The minimum absolute atomic E-state index is 0. The molecule has 0 amide bonds. The Morgan fingerprint density at radius 3 is 2.67 bits per heavy atom. The maximum absolute atomic E-state index is 9.36. The molecule has 0 radical (unpaired) electrons. The van der Waals surface area contributed by atoms with Crippen molar-refractivity contribution >= 4 is 12.4 Å². The molecule has 4 nitrogen and oxygen atoms in total. The first-order valence-electron chi connectivity index (χ1n) is 4.51. The molecule has 0 heterocycles. The first-order valence-corrected chi connectivity index (χ1v) is 4.51. The van der Waals surface area contributed by atoms with Crippen molar-refractivity contribution in [1.82, 2.24) is 0 Å². The Labute approximate surface area is 95.6 Å². The number of benzene rings is 1. The van der Waals surface area contributed by atoms with E-state index in [4.69, 9.17) is 16.2 Å². The summed E-state index contributed by atoms with van der Waals surface area (Å²) in [5, 5.41) is 9.36. The fraction of sp³-hybridized carbons (Fsp3) is 0.400. The van der Waals surface area contributed by atoms with Crippen molar-refractivity contribution < 1.29 is 9.84 Å². The lowest BCUT2D eigenvalue weighted by atomic mass is 10.0. The molecule has 5 N–H and O–H groups in total. The molecule has 1 atom stereocenters. The highest BCUT2D eigenvalue weighted by atomic mass is 35.5. The Bertz CT molecular complexity index is 307. The Morgan fingerprint density at radius 2 is 2.13 bits per heavy atom. The Hall–Kier alpha value is -0.970. The molecule has 5 heteroatoms. The third-order valence-corrected chi connectivity index (χ3v) is 2.11. The molecule has 15 heavy (non-hydrogen) atoms. The van der Waals surface area contributed by atoms with Crippen LogP contribution in [0.5, 0.6) is 11.5 Å². The molecule has 86 valence electrons. The number of halogens is 1. The first-order chi connectivity index (χ1) is 6.69.